The van der Waals surface area contributed by atoms with Crippen molar-refractivity contribution in [2.45, 2.75) is 31.7 Å². The summed E-state index contributed by atoms with van der Waals surface area (Å²) in [6.45, 7) is 4.62. The first kappa shape index (κ1) is 19.7. The Morgan fingerprint density at radius 3 is 2.41 bits per heavy atom. The lowest BCUT2D eigenvalue weighted by Crippen LogP contribution is -2.57. The van der Waals surface area contributed by atoms with Gasteiger partial charge in [-0.15, -0.1) is 0 Å². The molecule has 2 aliphatic heterocycles. The maximum Gasteiger partial charge on any atom is 0.260 e. The van der Waals surface area contributed by atoms with Crippen LogP contribution >= 0.6 is 0 Å². The fourth-order valence-electron chi connectivity index (χ4n) is 4.23. The smallest absolute Gasteiger partial charge is 0.260 e. The summed E-state index contributed by atoms with van der Waals surface area (Å²) in [7, 11) is 0. The van der Waals surface area contributed by atoms with E-state index < -0.39 is 0 Å². The van der Waals surface area contributed by atoms with Gasteiger partial charge in [-0.1, -0.05) is 6.42 Å². The normalized spacial score (nSPS) is 20.9. The van der Waals surface area contributed by atoms with Gasteiger partial charge in [0.1, 0.15) is 5.75 Å². The van der Waals surface area contributed by atoms with E-state index in [0.717, 1.165) is 38.6 Å². The SMILES string of the molecule is N#Cc1ccc(OCC(=O)N2CC(C(=O)N3CCCN(C4CCC4)CC3)C2)cc1. The number of carbonyl (C=O) groups is 2. The van der Waals surface area contributed by atoms with E-state index in [1.165, 1.54) is 19.3 Å². The third kappa shape index (κ3) is 4.54. The molecule has 7 heteroatoms. The maximum atomic E-state index is 12.8. The van der Waals surface area contributed by atoms with E-state index in [-0.39, 0.29) is 24.3 Å². The van der Waals surface area contributed by atoms with E-state index in [2.05, 4.69) is 4.90 Å². The number of amides is 2. The third-order valence-corrected chi connectivity index (χ3v) is 6.36. The summed E-state index contributed by atoms with van der Waals surface area (Å²) in [4.78, 5) is 31.3. The van der Waals surface area contributed by atoms with Gasteiger partial charge in [-0.2, -0.15) is 5.26 Å². The molecule has 2 saturated heterocycles. The summed E-state index contributed by atoms with van der Waals surface area (Å²) in [5.74, 6) is 0.568. The van der Waals surface area contributed by atoms with Crippen LogP contribution in [0.15, 0.2) is 24.3 Å². The minimum absolute atomic E-state index is 0.0487. The van der Waals surface area contributed by atoms with E-state index in [1.54, 1.807) is 29.2 Å². The molecule has 3 fully saturated rings. The second-order valence-corrected chi connectivity index (χ2v) is 8.22. The van der Waals surface area contributed by atoms with Gasteiger partial charge in [0, 0.05) is 45.3 Å². The molecule has 154 valence electrons. The minimum atomic E-state index is -0.106. The zero-order chi connectivity index (χ0) is 20.2. The first-order valence-corrected chi connectivity index (χ1v) is 10.6. The molecule has 1 aromatic carbocycles. The molecular weight excluding hydrogens is 368 g/mol. The molecule has 0 radical (unpaired) electrons. The Morgan fingerprint density at radius 1 is 1.00 bits per heavy atom. The fraction of sp³-hybridized carbons (Fsp3) is 0.591. The van der Waals surface area contributed by atoms with Crippen molar-refractivity contribution in [2.24, 2.45) is 5.92 Å². The average Bonchev–Trinajstić information content (AvgIpc) is 2.90. The highest BCUT2D eigenvalue weighted by Crippen LogP contribution is 2.26. The number of hydrogen-bond donors (Lipinski definition) is 0. The van der Waals surface area contributed by atoms with Crippen LogP contribution in [-0.2, 0) is 9.59 Å². The van der Waals surface area contributed by atoms with Crippen LogP contribution in [-0.4, -0.2) is 78.4 Å². The van der Waals surface area contributed by atoms with E-state index in [9.17, 15) is 9.59 Å². The summed E-state index contributed by atoms with van der Waals surface area (Å²) in [5, 5.41) is 8.80. The van der Waals surface area contributed by atoms with Crippen LogP contribution in [0.5, 0.6) is 5.75 Å². The highest BCUT2D eigenvalue weighted by atomic mass is 16.5. The van der Waals surface area contributed by atoms with Gasteiger partial charge in [0.25, 0.3) is 5.91 Å². The van der Waals surface area contributed by atoms with Crippen molar-refractivity contribution in [3.8, 4) is 11.8 Å². The first-order valence-electron chi connectivity index (χ1n) is 10.6. The molecule has 0 aromatic heterocycles. The fourth-order valence-corrected chi connectivity index (χ4v) is 4.23. The highest BCUT2D eigenvalue weighted by Gasteiger charge is 2.38. The van der Waals surface area contributed by atoms with Crippen LogP contribution in [0.4, 0.5) is 0 Å². The average molecular weight is 396 g/mol. The quantitative estimate of drug-likeness (QED) is 0.754. The second kappa shape index (κ2) is 8.83. The zero-order valence-electron chi connectivity index (χ0n) is 16.8. The second-order valence-electron chi connectivity index (χ2n) is 8.22. The van der Waals surface area contributed by atoms with Gasteiger partial charge in [0.05, 0.1) is 17.6 Å². The molecule has 0 bridgehead atoms. The number of ether oxygens (including phenoxy) is 1. The monoisotopic (exact) mass is 396 g/mol. The van der Waals surface area contributed by atoms with E-state index >= 15 is 0 Å². The Bertz CT molecular complexity index is 778. The number of rotatable bonds is 5. The van der Waals surface area contributed by atoms with Crippen LogP contribution in [0, 0.1) is 17.2 Å². The number of nitriles is 1. The minimum Gasteiger partial charge on any atom is -0.484 e. The van der Waals surface area contributed by atoms with E-state index in [0.29, 0.717) is 24.4 Å². The first-order chi connectivity index (χ1) is 14.1. The van der Waals surface area contributed by atoms with Gasteiger partial charge in [0.15, 0.2) is 6.61 Å². The third-order valence-electron chi connectivity index (χ3n) is 6.36. The molecule has 4 rings (SSSR count). The molecule has 0 atom stereocenters. The Kier molecular flexibility index (Phi) is 6.00. The van der Waals surface area contributed by atoms with Crippen molar-refractivity contribution < 1.29 is 14.3 Å². The molecule has 1 aliphatic carbocycles. The number of hydrogen-bond acceptors (Lipinski definition) is 5. The van der Waals surface area contributed by atoms with Gasteiger partial charge in [-0.3, -0.25) is 14.5 Å². The molecular formula is C22H28N4O3. The topological polar surface area (TPSA) is 76.9 Å². The summed E-state index contributed by atoms with van der Waals surface area (Å²) in [5.41, 5.74) is 0.553. The number of nitrogens with zero attached hydrogens (tertiary/aromatic N) is 4. The molecule has 29 heavy (non-hydrogen) atoms. The summed E-state index contributed by atoms with van der Waals surface area (Å²) in [6, 6.07) is 9.46. The van der Waals surface area contributed by atoms with E-state index in [4.69, 9.17) is 10.00 Å². The van der Waals surface area contributed by atoms with Crippen molar-refractivity contribution in [3.63, 3.8) is 0 Å². The predicted octanol–water partition coefficient (Wildman–Crippen LogP) is 1.48. The molecule has 0 N–H and O–H groups in total. The molecule has 1 aromatic rings. The van der Waals surface area contributed by atoms with Crippen molar-refractivity contribution in [2.75, 3.05) is 45.9 Å². The maximum absolute atomic E-state index is 12.8. The highest BCUT2D eigenvalue weighted by molar-refractivity contribution is 5.85. The lowest BCUT2D eigenvalue weighted by atomic mass is 9.91. The van der Waals surface area contributed by atoms with Gasteiger partial charge in [0.2, 0.25) is 5.91 Å². The van der Waals surface area contributed by atoms with Gasteiger partial charge in [-0.25, -0.2) is 0 Å². The summed E-state index contributed by atoms with van der Waals surface area (Å²) >= 11 is 0. The van der Waals surface area contributed by atoms with Crippen LogP contribution in [0.25, 0.3) is 0 Å². The van der Waals surface area contributed by atoms with Crippen molar-refractivity contribution in [1.29, 1.82) is 5.26 Å². The summed E-state index contributed by atoms with van der Waals surface area (Å²) < 4.78 is 5.50. The molecule has 7 nitrogen and oxygen atoms in total. The lowest BCUT2D eigenvalue weighted by molar-refractivity contribution is -0.149. The number of likely N-dealkylation sites (tertiary alicyclic amines) is 1. The van der Waals surface area contributed by atoms with Gasteiger partial charge in [-0.05, 0) is 43.5 Å². The van der Waals surface area contributed by atoms with Crippen LogP contribution in [0.2, 0.25) is 0 Å². The van der Waals surface area contributed by atoms with Crippen LogP contribution < -0.4 is 4.74 Å². The lowest BCUT2D eigenvalue weighted by Gasteiger charge is -2.40. The van der Waals surface area contributed by atoms with Gasteiger partial charge >= 0.3 is 0 Å². The molecule has 2 amide bonds. The Morgan fingerprint density at radius 2 is 1.76 bits per heavy atom. The van der Waals surface area contributed by atoms with Crippen LogP contribution in [0.1, 0.15) is 31.2 Å². The van der Waals surface area contributed by atoms with Crippen molar-refractivity contribution in [1.82, 2.24) is 14.7 Å². The van der Waals surface area contributed by atoms with Crippen molar-refractivity contribution >= 4 is 11.8 Å². The Hall–Kier alpha value is -2.59. The van der Waals surface area contributed by atoms with Crippen LogP contribution in [0.3, 0.4) is 0 Å². The molecule has 3 aliphatic rings. The molecule has 0 spiro atoms. The molecule has 0 unspecified atom stereocenters. The molecule has 1 saturated carbocycles. The van der Waals surface area contributed by atoms with E-state index in [1.807, 2.05) is 11.0 Å². The summed E-state index contributed by atoms with van der Waals surface area (Å²) in [6.07, 6.45) is 4.98. The standard InChI is InChI=1S/C22H28N4O3/c23-13-17-5-7-20(8-6-17)29-16-21(27)26-14-18(15-26)22(28)25-10-2-9-24(11-12-25)19-3-1-4-19/h5-8,18-19H,1-4,9-12,14-16H2. The Labute approximate surface area is 171 Å². The van der Waals surface area contributed by atoms with Gasteiger partial charge < -0.3 is 14.5 Å². The predicted molar refractivity (Wildman–Crippen MR) is 107 cm³/mol. The number of benzene rings is 1. The Balaban J connectivity index is 1.19. The van der Waals surface area contributed by atoms with Crippen molar-refractivity contribution in [3.05, 3.63) is 29.8 Å². The number of carbonyl (C=O) groups excluding carboxylic acids is 2. The largest absolute Gasteiger partial charge is 0.484 e. The molecule has 2 heterocycles. The zero-order valence-corrected chi connectivity index (χ0v) is 16.8.